The summed E-state index contributed by atoms with van der Waals surface area (Å²) in [5.74, 6) is 1.47. The minimum Gasteiger partial charge on any atom is -0.748 e. The molecule has 0 aliphatic rings. The Morgan fingerprint density at radius 2 is 1.12 bits per heavy atom. The number of para-hydroxylation sites is 2. The smallest absolute Gasteiger partial charge is 0.518 e. The summed E-state index contributed by atoms with van der Waals surface area (Å²) in [4.78, 5) is 25.8. The van der Waals surface area contributed by atoms with Crippen molar-refractivity contribution in [2.75, 3.05) is 6.26 Å². The largest absolute Gasteiger partial charge is 0.748 e. The van der Waals surface area contributed by atoms with Gasteiger partial charge in [-0.25, -0.2) is 18.0 Å². The molecular formula is C33H43NO8S. The number of carbonyl (C=O) groups excluding carboxylic acids is 2. The molecule has 1 aromatic heterocycles. The van der Waals surface area contributed by atoms with Crippen molar-refractivity contribution in [1.82, 2.24) is 0 Å². The standard InChI is InChI=1S/C32H40NO5.CH4O3S/c1-20(2)25-13-9-14-26(21(3)4)29(25)37-31(34)24-12-11-17-33(18-24)19-36-32(35)38-30-27(22(5)6)15-10-16-28(30)23(7)8;1-5(2,3)4/h9-18,20-23H,19H2,1-8H3;1H3,(H,2,3,4)/q+1;/p-1. The van der Waals surface area contributed by atoms with Gasteiger partial charge in [-0.05, 0) is 52.0 Å². The van der Waals surface area contributed by atoms with Crippen molar-refractivity contribution in [2.24, 2.45) is 0 Å². The molecule has 1 heterocycles. The lowest BCUT2D eigenvalue weighted by atomic mass is 9.94. The monoisotopic (exact) mass is 613 g/mol. The van der Waals surface area contributed by atoms with E-state index in [0.29, 0.717) is 23.3 Å². The van der Waals surface area contributed by atoms with E-state index in [0.717, 1.165) is 22.3 Å². The maximum atomic E-state index is 13.1. The summed E-state index contributed by atoms with van der Waals surface area (Å²) in [6.07, 6.45) is 3.12. The summed E-state index contributed by atoms with van der Waals surface area (Å²) in [6.45, 7) is 16.4. The third-order valence-electron chi connectivity index (χ3n) is 6.45. The first-order valence-corrected chi connectivity index (χ1v) is 16.0. The van der Waals surface area contributed by atoms with Crippen LogP contribution in [0.25, 0.3) is 0 Å². The highest BCUT2D eigenvalue weighted by Gasteiger charge is 2.22. The van der Waals surface area contributed by atoms with Crippen molar-refractivity contribution >= 4 is 22.2 Å². The lowest BCUT2D eigenvalue weighted by molar-refractivity contribution is -0.727. The summed E-state index contributed by atoms with van der Waals surface area (Å²) in [6, 6.07) is 15.3. The van der Waals surface area contributed by atoms with Crippen molar-refractivity contribution in [3.63, 3.8) is 0 Å². The summed E-state index contributed by atoms with van der Waals surface area (Å²) < 4.78 is 45.9. The van der Waals surface area contributed by atoms with E-state index in [2.05, 4.69) is 55.4 Å². The Kier molecular flexibility index (Phi) is 12.9. The van der Waals surface area contributed by atoms with Gasteiger partial charge in [-0.15, -0.1) is 0 Å². The molecule has 43 heavy (non-hydrogen) atoms. The van der Waals surface area contributed by atoms with Crippen LogP contribution in [0.5, 0.6) is 11.5 Å². The molecule has 0 radical (unpaired) electrons. The summed E-state index contributed by atoms with van der Waals surface area (Å²) >= 11 is 0. The van der Waals surface area contributed by atoms with Gasteiger partial charge in [0.25, 0.3) is 6.73 Å². The molecule has 0 unspecified atom stereocenters. The van der Waals surface area contributed by atoms with E-state index in [9.17, 15) is 9.59 Å². The molecule has 234 valence electrons. The molecule has 0 aliphatic heterocycles. The first-order valence-electron chi connectivity index (χ1n) is 14.2. The Morgan fingerprint density at radius 1 is 0.721 bits per heavy atom. The number of esters is 1. The van der Waals surface area contributed by atoms with Gasteiger partial charge in [0.05, 0.1) is 10.1 Å². The zero-order valence-corrected chi connectivity index (χ0v) is 27.2. The summed E-state index contributed by atoms with van der Waals surface area (Å²) in [5, 5.41) is 0. The van der Waals surface area contributed by atoms with Gasteiger partial charge in [-0.3, -0.25) is 0 Å². The second-order valence-electron chi connectivity index (χ2n) is 11.5. The fraction of sp³-hybridized carbons (Fsp3) is 0.424. The van der Waals surface area contributed by atoms with Gasteiger partial charge >= 0.3 is 12.1 Å². The Balaban J connectivity index is 0.00000119. The van der Waals surface area contributed by atoms with Gasteiger partial charge in [-0.1, -0.05) is 91.8 Å². The molecule has 0 atom stereocenters. The number of ether oxygens (including phenoxy) is 3. The number of rotatable bonds is 9. The molecule has 0 N–H and O–H groups in total. The average molecular weight is 614 g/mol. The molecule has 3 aromatic rings. The first kappa shape index (κ1) is 35.4. The zero-order chi connectivity index (χ0) is 32.5. The zero-order valence-electron chi connectivity index (χ0n) is 26.4. The quantitative estimate of drug-likeness (QED) is 0.0829. The van der Waals surface area contributed by atoms with Gasteiger partial charge in [0.1, 0.15) is 17.1 Å². The van der Waals surface area contributed by atoms with Gasteiger partial charge in [0.2, 0.25) is 0 Å². The van der Waals surface area contributed by atoms with Gasteiger partial charge < -0.3 is 18.8 Å². The lowest BCUT2D eigenvalue weighted by Crippen LogP contribution is -2.37. The van der Waals surface area contributed by atoms with Crippen LogP contribution >= 0.6 is 0 Å². The molecule has 0 bridgehead atoms. The normalized spacial score (nSPS) is 11.4. The number of hydrogen-bond acceptors (Lipinski definition) is 8. The van der Waals surface area contributed by atoms with Crippen LogP contribution in [0.15, 0.2) is 60.9 Å². The maximum Gasteiger partial charge on any atom is 0.518 e. The van der Waals surface area contributed by atoms with Crippen LogP contribution in [-0.4, -0.2) is 31.4 Å². The number of carbonyl (C=O) groups is 2. The Morgan fingerprint density at radius 3 is 1.51 bits per heavy atom. The van der Waals surface area contributed by atoms with Crippen molar-refractivity contribution in [1.29, 1.82) is 0 Å². The number of hydrogen-bond donors (Lipinski definition) is 0. The van der Waals surface area contributed by atoms with Crippen LogP contribution < -0.4 is 14.0 Å². The van der Waals surface area contributed by atoms with Crippen molar-refractivity contribution in [2.45, 2.75) is 85.8 Å². The van der Waals surface area contributed by atoms with Crippen LogP contribution in [0, 0.1) is 0 Å². The molecule has 10 heteroatoms. The number of benzene rings is 2. The molecule has 3 rings (SSSR count). The molecule has 0 fully saturated rings. The van der Waals surface area contributed by atoms with Crippen LogP contribution in [0.1, 0.15) is 112 Å². The van der Waals surface area contributed by atoms with E-state index in [1.165, 1.54) is 0 Å². The molecule has 0 saturated heterocycles. The van der Waals surface area contributed by atoms with Crippen LogP contribution in [0.3, 0.4) is 0 Å². The minimum absolute atomic E-state index is 0.110. The lowest BCUT2D eigenvalue weighted by Gasteiger charge is -2.18. The summed E-state index contributed by atoms with van der Waals surface area (Å²) in [5.41, 5.74) is 4.23. The highest BCUT2D eigenvalue weighted by Crippen LogP contribution is 2.36. The average Bonchev–Trinajstić information content (AvgIpc) is 2.90. The predicted molar refractivity (Wildman–Crippen MR) is 164 cm³/mol. The third kappa shape index (κ3) is 11.1. The second-order valence-corrected chi connectivity index (χ2v) is 12.9. The second kappa shape index (κ2) is 15.6. The molecule has 0 saturated carbocycles. The molecule has 0 amide bonds. The predicted octanol–water partition coefficient (Wildman–Crippen LogP) is 7.02. The molecule has 0 aliphatic carbocycles. The highest BCUT2D eigenvalue weighted by molar-refractivity contribution is 7.84. The Hall–Kier alpha value is -3.76. The van der Waals surface area contributed by atoms with Crippen LogP contribution in [0.2, 0.25) is 0 Å². The Bertz CT molecular complexity index is 1450. The molecular weight excluding hydrogens is 570 g/mol. The number of pyridine rings is 1. The maximum absolute atomic E-state index is 13.1. The fourth-order valence-electron chi connectivity index (χ4n) is 4.32. The molecule has 0 spiro atoms. The minimum atomic E-state index is -3.92. The van der Waals surface area contributed by atoms with E-state index < -0.39 is 22.2 Å². The third-order valence-corrected chi connectivity index (χ3v) is 6.45. The Labute approximate surface area is 255 Å². The summed E-state index contributed by atoms with van der Waals surface area (Å²) in [7, 11) is -3.92. The fourth-order valence-corrected chi connectivity index (χ4v) is 4.32. The topological polar surface area (TPSA) is 123 Å². The van der Waals surface area contributed by atoms with E-state index in [4.69, 9.17) is 27.2 Å². The van der Waals surface area contributed by atoms with Crippen molar-refractivity contribution in [3.05, 3.63) is 88.7 Å². The van der Waals surface area contributed by atoms with Gasteiger partial charge in [-0.2, -0.15) is 4.57 Å². The van der Waals surface area contributed by atoms with E-state index >= 15 is 0 Å². The van der Waals surface area contributed by atoms with Crippen molar-refractivity contribution in [3.8, 4) is 11.5 Å². The van der Waals surface area contributed by atoms with Crippen molar-refractivity contribution < 1.29 is 41.3 Å². The number of nitrogens with zero attached hydrogens (tertiary/aromatic N) is 1. The van der Waals surface area contributed by atoms with E-state index in [-0.39, 0.29) is 30.4 Å². The van der Waals surface area contributed by atoms with Crippen LogP contribution in [0.4, 0.5) is 4.79 Å². The molecule has 9 nitrogen and oxygen atoms in total. The van der Waals surface area contributed by atoms with E-state index in [1.54, 1.807) is 29.1 Å². The van der Waals surface area contributed by atoms with E-state index in [1.807, 2.05) is 36.4 Å². The van der Waals surface area contributed by atoms with Gasteiger partial charge in [0, 0.05) is 12.3 Å². The SMILES string of the molecule is CC(C)c1cccc(C(C)C)c1OC(=O)OC[n+]1cccc(C(=O)Oc2c(C(C)C)cccc2C(C)C)c1.CS(=O)(=O)[O-]. The number of aromatic nitrogens is 1. The van der Waals surface area contributed by atoms with Crippen LogP contribution in [-0.2, 0) is 21.6 Å². The first-order chi connectivity index (χ1) is 20.0. The van der Waals surface area contributed by atoms with Gasteiger partial charge in [0.15, 0.2) is 12.4 Å². The highest BCUT2D eigenvalue weighted by atomic mass is 32.2. The molecule has 2 aromatic carbocycles.